The molecule has 0 fully saturated rings. The second kappa shape index (κ2) is 6.99. The van der Waals surface area contributed by atoms with Crippen molar-refractivity contribution >= 4 is 17.6 Å². The molecule has 0 saturated carbocycles. The molecule has 1 aromatic rings. The molecule has 1 amide bonds. The van der Waals surface area contributed by atoms with Crippen molar-refractivity contribution < 1.29 is 27.5 Å². The number of anilines is 1. The monoisotopic (exact) mass is 330 g/mol. The molecule has 2 rings (SSSR count). The van der Waals surface area contributed by atoms with Crippen LogP contribution in [0, 0.1) is 0 Å². The standard InChI is InChI=1S/C15H17F3N2O3/c1-20(9-15(16,17)18)6-7-23-14(22)11-8-13(21)19-12-5-3-2-4-10(11)12/h2-5,11H,6-9H2,1H3,(H,19,21). The Balaban J connectivity index is 1.90. The molecule has 1 aliphatic heterocycles. The number of ether oxygens (including phenoxy) is 1. The van der Waals surface area contributed by atoms with E-state index in [9.17, 15) is 22.8 Å². The number of nitrogens with one attached hydrogen (secondary N) is 1. The number of rotatable bonds is 5. The van der Waals surface area contributed by atoms with E-state index in [0.717, 1.165) is 4.90 Å². The predicted molar refractivity (Wildman–Crippen MR) is 76.9 cm³/mol. The molecule has 0 aromatic heterocycles. The highest BCUT2D eigenvalue weighted by Gasteiger charge is 2.32. The van der Waals surface area contributed by atoms with Crippen LogP contribution in [0.15, 0.2) is 24.3 Å². The van der Waals surface area contributed by atoms with Gasteiger partial charge in [-0.3, -0.25) is 14.5 Å². The molecule has 23 heavy (non-hydrogen) atoms. The third-order valence-corrected chi connectivity index (χ3v) is 3.45. The van der Waals surface area contributed by atoms with Gasteiger partial charge in [-0.1, -0.05) is 18.2 Å². The number of nitrogens with zero attached hydrogens (tertiary/aromatic N) is 1. The van der Waals surface area contributed by atoms with Gasteiger partial charge in [0.1, 0.15) is 6.61 Å². The van der Waals surface area contributed by atoms with Gasteiger partial charge in [-0.05, 0) is 18.7 Å². The normalized spacial score (nSPS) is 17.6. The quantitative estimate of drug-likeness (QED) is 0.841. The van der Waals surface area contributed by atoms with Crippen LogP contribution in [-0.2, 0) is 14.3 Å². The maximum absolute atomic E-state index is 12.2. The molecule has 1 heterocycles. The Hall–Kier alpha value is -2.09. The van der Waals surface area contributed by atoms with Crippen LogP contribution < -0.4 is 5.32 Å². The number of halogens is 3. The van der Waals surface area contributed by atoms with Crippen LogP contribution in [0.25, 0.3) is 0 Å². The van der Waals surface area contributed by atoms with E-state index < -0.39 is 24.6 Å². The van der Waals surface area contributed by atoms with E-state index in [1.165, 1.54) is 7.05 Å². The van der Waals surface area contributed by atoms with Gasteiger partial charge in [0, 0.05) is 18.7 Å². The highest BCUT2D eigenvalue weighted by Crippen LogP contribution is 2.32. The van der Waals surface area contributed by atoms with Crippen molar-refractivity contribution in [1.82, 2.24) is 4.90 Å². The van der Waals surface area contributed by atoms with Crippen molar-refractivity contribution in [1.29, 1.82) is 0 Å². The van der Waals surface area contributed by atoms with Gasteiger partial charge in [0.2, 0.25) is 5.91 Å². The zero-order valence-corrected chi connectivity index (χ0v) is 12.5. The maximum Gasteiger partial charge on any atom is 0.401 e. The second-order valence-corrected chi connectivity index (χ2v) is 5.41. The van der Waals surface area contributed by atoms with Gasteiger partial charge in [-0.2, -0.15) is 13.2 Å². The maximum atomic E-state index is 12.2. The van der Waals surface area contributed by atoms with Crippen LogP contribution in [0.2, 0.25) is 0 Å². The highest BCUT2D eigenvalue weighted by atomic mass is 19.4. The number of amides is 1. The largest absolute Gasteiger partial charge is 0.464 e. The first-order chi connectivity index (χ1) is 10.8. The average Bonchev–Trinajstić information content (AvgIpc) is 2.44. The molecule has 0 spiro atoms. The topological polar surface area (TPSA) is 58.6 Å². The summed E-state index contributed by atoms with van der Waals surface area (Å²) in [5.74, 6) is -1.62. The summed E-state index contributed by atoms with van der Waals surface area (Å²) in [4.78, 5) is 24.8. The number of carbonyl (C=O) groups excluding carboxylic acids is 2. The number of likely N-dealkylation sites (N-methyl/N-ethyl adjacent to an activating group) is 1. The van der Waals surface area contributed by atoms with Crippen molar-refractivity contribution in [2.24, 2.45) is 0 Å². The lowest BCUT2D eigenvalue weighted by Crippen LogP contribution is -2.34. The number of fused-ring (bicyclic) bond motifs is 1. The summed E-state index contributed by atoms with van der Waals surface area (Å²) < 4.78 is 41.6. The zero-order chi connectivity index (χ0) is 17.0. The van der Waals surface area contributed by atoms with Crippen LogP contribution in [-0.4, -0.2) is 49.7 Å². The van der Waals surface area contributed by atoms with Crippen molar-refractivity contribution in [2.75, 3.05) is 32.1 Å². The summed E-state index contributed by atoms with van der Waals surface area (Å²) in [6.45, 7) is -1.27. The first kappa shape index (κ1) is 17.3. The summed E-state index contributed by atoms with van der Waals surface area (Å²) in [7, 11) is 1.30. The second-order valence-electron chi connectivity index (χ2n) is 5.41. The summed E-state index contributed by atoms with van der Waals surface area (Å²) in [5.41, 5.74) is 1.21. The summed E-state index contributed by atoms with van der Waals surface area (Å²) in [6.07, 6.45) is -4.33. The lowest BCUT2D eigenvalue weighted by atomic mass is 9.91. The van der Waals surface area contributed by atoms with E-state index in [-0.39, 0.29) is 25.5 Å². The average molecular weight is 330 g/mol. The van der Waals surface area contributed by atoms with Crippen LogP contribution >= 0.6 is 0 Å². The van der Waals surface area contributed by atoms with E-state index in [2.05, 4.69) is 5.32 Å². The molecular weight excluding hydrogens is 313 g/mol. The third kappa shape index (κ3) is 4.95. The zero-order valence-electron chi connectivity index (χ0n) is 12.5. The molecular formula is C15H17F3N2O3. The molecule has 1 unspecified atom stereocenters. The Labute approximate surface area is 131 Å². The molecule has 0 aliphatic carbocycles. The Morgan fingerprint density at radius 3 is 2.78 bits per heavy atom. The smallest absolute Gasteiger partial charge is 0.401 e. The van der Waals surface area contributed by atoms with E-state index >= 15 is 0 Å². The number of hydrogen-bond donors (Lipinski definition) is 1. The number of esters is 1. The summed E-state index contributed by atoms with van der Waals surface area (Å²) in [5, 5.41) is 2.66. The fourth-order valence-electron chi connectivity index (χ4n) is 2.41. The number of hydrogen-bond acceptors (Lipinski definition) is 4. The third-order valence-electron chi connectivity index (χ3n) is 3.45. The molecule has 126 valence electrons. The molecule has 0 saturated heterocycles. The highest BCUT2D eigenvalue weighted by molar-refractivity contribution is 5.99. The van der Waals surface area contributed by atoms with Gasteiger partial charge in [-0.25, -0.2) is 0 Å². The van der Waals surface area contributed by atoms with Crippen LogP contribution in [0.5, 0.6) is 0 Å². The van der Waals surface area contributed by atoms with Crippen LogP contribution in [0.3, 0.4) is 0 Å². The Morgan fingerprint density at radius 2 is 2.09 bits per heavy atom. The van der Waals surface area contributed by atoms with Gasteiger partial charge in [-0.15, -0.1) is 0 Å². The first-order valence-electron chi connectivity index (χ1n) is 7.07. The lowest BCUT2D eigenvalue weighted by Gasteiger charge is -2.24. The first-order valence-corrected chi connectivity index (χ1v) is 7.07. The number of alkyl halides is 3. The summed E-state index contributed by atoms with van der Waals surface area (Å²) in [6, 6.07) is 6.88. The van der Waals surface area contributed by atoms with Crippen molar-refractivity contribution in [3.05, 3.63) is 29.8 Å². The molecule has 1 aliphatic rings. The Kier molecular flexibility index (Phi) is 5.25. The minimum atomic E-state index is -4.29. The number of benzene rings is 1. The van der Waals surface area contributed by atoms with E-state index in [0.29, 0.717) is 11.3 Å². The van der Waals surface area contributed by atoms with Crippen molar-refractivity contribution in [3.8, 4) is 0 Å². The molecule has 1 atom stereocenters. The molecule has 0 bridgehead atoms. The van der Waals surface area contributed by atoms with Gasteiger partial charge in [0.25, 0.3) is 0 Å². The minimum Gasteiger partial charge on any atom is -0.464 e. The van der Waals surface area contributed by atoms with Crippen molar-refractivity contribution in [3.63, 3.8) is 0 Å². The molecule has 8 heteroatoms. The predicted octanol–water partition coefficient (Wildman–Crippen LogP) is 2.15. The molecule has 1 N–H and O–H groups in total. The van der Waals surface area contributed by atoms with Crippen molar-refractivity contribution in [2.45, 2.75) is 18.5 Å². The fourth-order valence-corrected chi connectivity index (χ4v) is 2.41. The van der Waals surface area contributed by atoms with Gasteiger partial charge in [0.15, 0.2) is 0 Å². The van der Waals surface area contributed by atoms with Gasteiger partial charge >= 0.3 is 12.1 Å². The Bertz CT molecular complexity index is 590. The van der Waals surface area contributed by atoms with Gasteiger partial charge in [0.05, 0.1) is 12.5 Å². The lowest BCUT2D eigenvalue weighted by molar-refractivity contribution is -0.151. The van der Waals surface area contributed by atoms with E-state index in [4.69, 9.17) is 4.74 Å². The SMILES string of the molecule is CN(CCOC(=O)C1CC(=O)Nc2ccccc21)CC(F)(F)F. The minimum absolute atomic E-state index is 0.0335. The Morgan fingerprint density at radius 1 is 1.39 bits per heavy atom. The van der Waals surface area contributed by atoms with E-state index in [1.54, 1.807) is 24.3 Å². The van der Waals surface area contributed by atoms with Crippen LogP contribution in [0.4, 0.5) is 18.9 Å². The molecule has 0 radical (unpaired) electrons. The van der Waals surface area contributed by atoms with Crippen LogP contribution in [0.1, 0.15) is 17.9 Å². The number of carbonyl (C=O) groups is 2. The summed E-state index contributed by atoms with van der Waals surface area (Å²) >= 11 is 0. The van der Waals surface area contributed by atoms with Gasteiger partial charge < -0.3 is 10.1 Å². The molecule has 5 nitrogen and oxygen atoms in total. The fraction of sp³-hybridized carbons (Fsp3) is 0.467. The molecule has 1 aromatic carbocycles. The van der Waals surface area contributed by atoms with E-state index in [1.807, 2.05) is 0 Å². The number of para-hydroxylation sites is 1.